The topological polar surface area (TPSA) is 38.3 Å². The summed E-state index contributed by atoms with van der Waals surface area (Å²) in [6.07, 6.45) is -4.75. The minimum Gasteiger partial charge on any atom is -0.406 e. The molecule has 1 amide bonds. The van der Waals surface area contributed by atoms with E-state index < -0.39 is 12.3 Å². The van der Waals surface area contributed by atoms with Crippen molar-refractivity contribution in [2.75, 3.05) is 6.54 Å². The summed E-state index contributed by atoms with van der Waals surface area (Å²) in [4.78, 5) is 11.5. The van der Waals surface area contributed by atoms with Crippen LogP contribution < -0.4 is 10.1 Å². The molecule has 0 aliphatic carbocycles. The second kappa shape index (κ2) is 5.77. The normalized spacial score (nSPS) is 10.9. The van der Waals surface area contributed by atoms with Gasteiger partial charge in [0.1, 0.15) is 5.75 Å². The fourth-order valence-electron chi connectivity index (χ4n) is 1.09. The van der Waals surface area contributed by atoms with Gasteiger partial charge in [0.15, 0.2) is 0 Å². The van der Waals surface area contributed by atoms with Gasteiger partial charge in [-0.1, -0.05) is 18.2 Å². The predicted molar refractivity (Wildman–Crippen MR) is 60.5 cm³/mol. The van der Waals surface area contributed by atoms with Crippen molar-refractivity contribution in [2.45, 2.75) is 6.36 Å². The van der Waals surface area contributed by atoms with E-state index in [0.29, 0.717) is 0 Å². The molecule has 0 atom stereocenters. The van der Waals surface area contributed by atoms with Gasteiger partial charge in [-0.2, -0.15) is 0 Å². The molecule has 0 fully saturated rings. The van der Waals surface area contributed by atoms with E-state index in [1.54, 1.807) is 0 Å². The highest BCUT2D eigenvalue weighted by molar-refractivity contribution is 6.29. The Morgan fingerprint density at radius 2 is 1.89 bits per heavy atom. The number of carbonyl (C=O) groups excluding carboxylic acids is 1. The molecule has 0 radical (unpaired) electrons. The van der Waals surface area contributed by atoms with E-state index in [9.17, 15) is 18.0 Å². The van der Waals surface area contributed by atoms with Gasteiger partial charge in [0.05, 0.1) is 6.54 Å². The molecule has 1 rings (SSSR count). The summed E-state index contributed by atoms with van der Waals surface area (Å²) in [5, 5.41) is 2.68. The van der Waals surface area contributed by atoms with E-state index >= 15 is 0 Å². The van der Waals surface area contributed by atoms with Crippen molar-refractivity contribution in [3.05, 3.63) is 41.4 Å². The smallest absolute Gasteiger partial charge is 0.406 e. The molecule has 98 valence electrons. The van der Waals surface area contributed by atoms with Crippen molar-refractivity contribution in [3.63, 3.8) is 0 Å². The lowest BCUT2D eigenvalue weighted by Crippen LogP contribution is -2.24. The number of carbonyl (C=O) groups is 1. The molecule has 7 heteroatoms. The van der Waals surface area contributed by atoms with Crippen LogP contribution >= 0.6 is 11.6 Å². The second-order valence-electron chi connectivity index (χ2n) is 3.27. The third-order valence-corrected chi connectivity index (χ3v) is 1.92. The zero-order chi connectivity index (χ0) is 13.8. The number of nitrogens with one attached hydrogen (secondary N) is 1. The van der Waals surface area contributed by atoms with Crippen LogP contribution in [0, 0.1) is 0 Å². The average molecular weight is 280 g/mol. The zero-order valence-electron chi connectivity index (χ0n) is 9.05. The molecule has 18 heavy (non-hydrogen) atoms. The highest BCUT2D eigenvalue weighted by atomic mass is 35.5. The number of benzene rings is 1. The summed E-state index contributed by atoms with van der Waals surface area (Å²) in [7, 11) is 0. The molecule has 3 nitrogen and oxygen atoms in total. The number of halogens is 4. The van der Waals surface area contributed by atoms with Gasteiger partial charge in [-0.3, -0.25) is 4.79 Å². The molecule has 0 bridgehead atoms. The Kier molecular flexibility index (Phi) is 4.61. The molecule has 0 saturated heterocycles. The molecule has 0 spiro atoms. The first-order valence-electron chi connectivity index (χ1n) is 4.75. The van der Waals surface area contributed by atoms with Gasteiger partial charge in [-0.05, 0) is 24.3 Å². The maximum absolute atomic E-state index is 11.9. The lowest BCUT2D eigenvalue weighted by Gasteiger charge is -2.09. The summed E-state index contributed by atoms with van der Waals surface area (Å²) >= 11 is 5.45. The van der Waals surface area contributed by atoms with E-state index in [2.05, 4.69) is 16.6 Å². The van der Waals surface area contributed by atoms with Crippen molar-refractivity contribution in [1.29, 1.82) is 0 Å². The fourth-order valence-corrected chi connectivity index (χ4v) is 1.15. The van der Waals surface area contributed by atoms with Crippen molar-refractivity contribution in [3.8, 4) is 5.75 Å². The Labute approximate surface area is 106 Å². The molecule has 0 saturated carbocycles. The van der Waals surface area contributed by atoms with E-state index in [-0.39, 0.29) is 22.9 Å². The lowest BCUT2D eigenvalue weighted by molar-refractivity contribution is -0.274. The van der Waals surface area contributed by atoms with Crippen LogP contribution in [0.5, 0.6) is 5.75 Å². The zero-order valence-corrected chi connectivity index (χ0v) is 9.81. The van der Waals surface area contributed by atoms with Gasteiger partial charge in [-0.15, -0.1) is 13.2 Å². The van der Waals surface area contributed by atoms with E-state index in [4.69, 9.17) is 11.6 Å². The second-order valence-corrected chi connectivity index (χ2v) is 3.81. The molecule has 1 aromatic rings. The Bertz CT molecular complexity index is 443. The third kappa shape index (κ3) is 5.09. The first-order valence-corrected chi connectivity index (χ1v) is 5.13. The van der Waals surface area contributed by atoms with Crippen LogP contribution in [0.3, 0.4) is 0 Å². The summed E-state index contributed by atoms with van der Waals surface area (Å²) in [6, 6.07) is 4.54. The molecule has 0 unspecified atom stereocenters. The molecule has 0 aliphatic heterocycles. The summed E-state index contributed by atoms with van der Waals surface area (Å²) in [5.74, 6) is -0.851. The van der Waals surface area contributed by atoms with Gasteiger partial charge in [-0.25, -0.2) is 0 Å². The lowest BCUT2D eigenvalue weighted by atomic mass is 10.2. The van der Waals surface area contributed by atoms with Gasteiger partial charge < -0.3 is 10.1 Å². The van der Waals surface area contributed by atoms with Gasteiger partial charge in [0.25, 0.3) is 5.91 Å². The Morgan fingerprint density at radius 3 is 2.33 bits per heavy atom. The van der Waals surface area contributed by atoms with Crippen molar-refractivity contribution >= 4 is 17.5 Å². The minimum atomic E-state index is -4.75. The van der Waals surface area contributed by atoms with Crippen LogP contribution in [0.15, 0.2) is 35.9 Å². The highest BCUT2D eigenvalue weighted by Gasteiger charge is 2.31. The molecular weight excluding hydrogens is 271 g/mol. The number of ether oxygens (including phenoxy) is 1. The molecule has 1 N–H and O–H groups in total. The van der Waals surface area contributed by atoms with Crippen LogP contribution in [-0.2, 0) is 0 Å². The van der Waals surface area contributed by atoms with Crippen LogP contribution in [0.1, 0.15) is 10.4 Å². The number of hydrogen-bond donors (Lipinski definition) is 1. The number of hydrogen-bond acceptors (Lipinski definition) is 2. The van der Waals surface area contributed by atoms with Crippen LogP contribution in [0.2, 0.25) is 0 Å². The monoisotopic (exact) mass is 279 g/mol. The standard InChI is InChI=1S/C11H9ClF3NO2/c1-7(12)6-16-10(17)8-2-4-9(5-3-8)18-11(13,14)15/h2-5H,1,6H2,(H,16,17). The molecule has 0 aliphatic rings. The van der Waals surface area contributed by atoms with Crippen LogP contribution in [0.25, 0.3) is 0 Å². The van der Waals surface area contributed by atoms with Crippen molar-refractivity contribution < 1.29 is 22.7 Å². The van der Waals surface area contributed by atoms with Crippen LogP contribution in [-0.4, -0.2) is 18.8 Å². The molecule has 0 heterocycles. The Morgan fingerprint density at radius 1 is 1.33 bits per heavy atom. The maximum atomic E-state index is 11.9. The number of amides is 1. The molecule has 1 aromatic carbocycles. The first kappa shape index (κ1) is 14.4. The Balaban J connectivity index is 2.65. The summed E-state index contributed by atoms with van der Waals surface area (Å²) < 4.78 is 39.3. The summed E-state index contributed by atoms with van der Waals surface area (Å²) in [5.41, 5.74) is 0.197. The van der Waals surface area contributed by atoms with Gasteiger partial charge in [0.2, 0.25) is 0 Å². The largest absolute Gasteiger partial charge is 0.573 e. The maximum Gasteiger partial charge on any atom is 0.573 e. The summed E-state index contributed by atoms with van der Waals surface area (Å²) in [6.45, 7) is 3.47. The quantitative estimate of drug-likeness (QED) is 0.920. The fraction of sp³-hybridized carbons (Fsp3) is 0.182. The van der Waals surface area contributed by atoms with Gasteiger partial charge in [0, 0.05) is 10.6 Å². The van der Waals surface area contributed by atoms with Crippen LogP contribution in [0.4, 0.5) is 13.2 Å². The highest BCUT2D eigenvalue weighted by Crippen LogP contribution is 2.22. The minimum absolute atomic E-state index is 0.0845. The number of alkyl halides is 3. The average Bonchev–Trinajstić information content (AvgIpc) is 2.24. The molecule has 0 aromatic heterocycles. The van der Waals surface area contributed by atoms with Gasteiger partial charge >= 0.3 is 6.36 Å². The van der Waals surface area contributed by atoms with E-state index in [0.717, 1.165) is 12.1 Å². The first-order chi connectivity index (χ1) is 8.28. The van der Waals surface area contributed by atoms with E-state index in [1.807, 2.05) is 0 Å². The third-order valence-electron chi connectivity index (χ3n) is 1.79. The Hall–Kier alpha value is -1.69. The SMILES string of the molecule is C=C(Cl)CNC(=O)c1ccc(OC(F)(F)F)cc1. The predicted octanol–water partition coefficient (Wildman–Crippen LogP) is 3.07. The van der Waals surface area contributed by atoms with E-state index in [1.165, 1.54) is 12.1 Å². The molecular formula is C11H9ClF3NO2. The van der Waals surface area contributed by atoms with Crippen molar-refractivity contribution in [1.82, 2.24) is 5.32 Å². The number of rotatable bonds is 4. The van der Waals surface area contributed by atoms with Crippen molar-refractivity contribution in [2.24, 2.45) is 0 Å².